The SMILES string of the molecule is COC(C)Cc1c(Cl)ncnc1Cl.COC(C)Cc1c(N)ncnc1Cl. The standard InChI is InChI=1S/C8H10Cl2N2O.C8H12ClN3O/c2*1-5(13-2)3-6-7(9)11-4-12-8(6)10/h4-5H,3H2,1-2H3;4-5H,3H2,1-2H3,(H2,10,11,12). The second kappa shape index (κ2) is 11.5. The van der Waals surface area contributed by atoms with E-state index in [4.69, 9.17) is 50.0 Å². The Kier molecular flexibility index (Phi) is 10.0. The normalized spacial score (nSPS) is 12.9. The zero-order valence-corrected chi connectivity index (χ0v) is 17.3. The third-order valence-corrected chi connectivity index (χ3v) is 4.53. The Morgan fingerprint density at radius 2 is 1.19 bits per heavy atom. The van der Waals surface area contributed by atoms with Crippen LogP contribution < -0.4 is 5.73 Å². The van der Waals surface area contributed by atoms with Gasteiger partial charge in [-0.15, -0.1) is 0 Å². The second-order valence-electron chi connectivity index (χ2n) is 5.46. The van der Waals surface area contributed by atoms with E-state index in [9.17, 15) is 0 Å². The van der Waals surface area contributed by atoms with Gasteiger partial charge in [0.05, 0.1) is 12.2 Å². The highest BCUT2D eigenvalue weighted by Gasteiger charge is 2.12. The Balaban J connectivity index is 0.000000260. The molecule has 2 heterocycles. The zero-order valence-electron chi connectivity index (χ0n) is 15.0. The van der Waals surface area contributed by atoms with E-state index in [2.05, 4.69) is 19.9 Å². The number of ether oxygens (including phenoxy) is 2. The summed E-state index contributed by atoms with van der Waals surface area (Å²) in [7, 11) is 3.27. The Bertz CT molecular complexity index is 606. The summed E-state index contributed by atoms with van der Waals surface area (Å²) in [5, 5.41) is 1.18. The fourth-order valence-corrected chi connectivity index (χ4v) is 2.56. The lowest BCUT2D eigenvalue weighted by atomic mass is 10.1. The number of anilines is 1. The molecule has 2 atom stereocenters. The van der Waals surface area contributed by atoms with Crippen molar-refractivity contribution in [2.45, 2.75) is 38.9 Å². The first-order valence-corrected chi connectivity index (χ1v) is 8.88. The number of nitrogens with two attached hydrogens (primary N) is 1. The smallest absolute Gasteiger partial charge is 0.137 e. The molecule has 2 aromatic heterocycles. The Morgan fingerprint density at radius 3 is 1.62 bits per heavy atom. The molecule has 2 unspecified atom stereocenters. The molecule has 2 rings (SSSR count). The van der Waals surface area contributed by atoms with Gasteiger partial charge in [0.2, 0.25) is 0 Å². The third-order valence-electron chi connectivity index (χ3n) is 3.55. The number of aromatic nitrogens is 4. The number of methoxy groups -OCH3 is 2. The van der Waals surface area contributed by atoms with E-state index in [1.165, 1.54) is 12.7 Å². The van der Waals surface area contributed by atoms with Gasteiger partial charge in [-0.25, -0.2) is 19.9 Å². The molecule has 26 heavy (non-hydrogen) atoms. The van der Waals surface area contributed by atoms with Crippen LogP contribution in [0.15, 0.2) is 12.7 Å². The molecule has 2 aromatic rings. The van der Waals surface area contributed by atoms with Gasteiger partial charge in [-0.1, -0.05) is 34.8 Å². The molecule has 0 fully saturated rings. The molecule has 0 saturated heterocycles. The van der Waals surface area contributed by atoms with Crippen LogP contribution >= 0.6 is 34.8 Å². The maximum absolute atomic E-state index is 5.84. The fraction of sp³-hybridized carbons (Fsp3) is 0.500. The summed E-state index contributed by atoms with van der Waals surface area (Å²) in [6.45, 7) is 3.86. The lowest BCUT2D eigenvalue weighted by molar-refractivity contribution is 0.118. The highest BCUT2D eigenvalue weighted by atomic mass is 35.5. The van der Waals surface area contributed by atoms with Crippen LogP contribution in [0.2, 0.25) is 15.5 Å². The van der Waals surface area contributed by atoms with Crippen molar-refractivity contribution in [2.24, 2.45) is 0 Å². The van der Waals surface area contributed by atoms with Gasteiger partial charge in [0.15, 0.2) is 0 Å². The quantitative estimate of drug-likeness (QED) is 0.710. The highest BCUT2D eigenvalue weighted by molar-refractivity contribution is 6.34. The first kappa shape index (κ1) is 22.8. The molecule has 0 saturated carbocycles. The van der Waals surface area contributed by atoms with Crippen LogP contribution in [-0.4, -0.2) is 46.4 Å². The van der Waals surface area contributed by atoms with Crippen molar-refractivity contribution in [1.82, 2.24) is 19.9 Å². The molecule has 0 aromatic carbocycles. The first-order valence-electron chi connectivity index (χ1n) is 7.75. The summed E-state index contributed by atoms with van der Waals surface area (Å²) in [6, 6.07) is 0. The number of rotatable bonds is 6. The van der Waals surface area contributed by atoms with E-state index in [1.807, 2.05) is 13.8 Å². The van der Waals surface area contributed by atoms with Crippen LogP contribution in [0.25, 0.3) is 0 Å². The summed E-state index contributed by atoms with van der Waals surface area (Å²) in [5.74, 6) is 0.420. The number of halogens is 3. The first-order chi connectivity index (χ1) is 12.3. The van der Waals surface area contributed by atoms with Gasteiger partial charge in [0.1, 0.15) is 33.9 Å². The van der Waals surface area contributed by atoms with Gasteiger partial charge in [-0.3, -0.25) is 0 Å². The van der Waals surface area contributed by atoms with Crippen molar-refractivity contribution in [3.8, 4) is 0 Å². The molecule has 0 aliphatic heterocycles. The monoisotopic (exact) mass is 421 g/mol. The Morgan fingerprint density at radius 1 is 0.808 bits per heavy atom. The van der Waals surface area contributed by atoms with Crippen LogP contribution in [0.4, 0.5) is 5.82 Å². The largest absolute Gasteiger partial charge is 0.383 e. The van der Waals surface area contributed by atoms with Gasteiger partial charge < -0.3 is 15.2 Å². The van der Waals surface area contributed by atoms with Crippen LogP contribution in [0.5, 0.6) is 0 Å². The molecule has 2 N–H and O–H groups in total. The van der Waals surface area contributed by atoms with Crippen LogP contribution in [0, 0.1) is 0 Å². The molecule has 0 radical (unpaired) electrons. The van der Waals surface area contributed by atoms with E-state index < -0.39 is 0 Å². The van der Waals surface area contributed by atoms with E-state index >= 15 is 0 Å². The highest BCUT2D eigenvalue weighted by Crippen LogP contribution is 2.21. The third kappa shape index (κ3) is 7.17. The Hall–Kier alpha value is -1.25. The lowest BCUT2D eigenvalue weighted by Gasteiger charge is -2.11. The second-order valence-corrected chi connectivity index (χ2v) is 6.54. The summed E-state index contributed by atoms with van der Waals surface area (Å²) in [5.41, 5.74) is 7.12. The molecular weight excluding hydrogens is 401 g/mol. The number of nitrogen functional groups attached to an aromatic ring is 1. The predicted octanol–water partition coefficient (Wildman–Crippen LogP) is 3.65. The van der Waals surface area contributed by atoms with Crippen molar-refractivity contribution in [1.29, 1.82) is 0 Å². The van der Waals surface area contributed by atoms with Gasteiger partial charge in [0.25, 0.3) is 0 Å². The molecule has 0 bridgehead atoms. The minimum absolute atomic E-state index is 0.0565. The van der Waals surface area contributed by atoms with Crippen molar-refractivity contribution in [2.75, 3.05) is 20.0 Å². The predicted molar refractivity (Wildman–Crippen MR) is 104 cm³/mol. The van der Waals surface area contributed by atoms with Crippen molar-refractivity contribution >= 4 is 40.6 Å². The average molecular weight is 423 g/mol. The minimum Gasteiger partial charge on any atom is -0.383 e. The van der Waals surface area contributed by atoms with E-state index in [0.29, 0.717) is 34.1 Å². The molecule has 0 spiro atoms. The number of hydrogen-bond acceptors (Lipinski definition) is 7. The zero-order chi connectivity index (χ0) is 19.7. The van der Waals surface area contributed by atoms with Crippen molar-refractivity contribution in [3.63, 3.8) is 0 Å². The maximum atomic E-state index is 5.84. The van der Waals surface area contributed by atoms with E-state index in [-0.39, 0.29) is 12.2 Å². The molecule has 0 aliphatic carbocycles. The van der Waals surface area contributed by atoms with E-state index in [1.54, 1.807) is 14.2 Å². The van der Waals surface area contributed by atoms with Crippen LogP contribution in [0.3, 0.4) is 0 Å². The maximum Gasteiger partial charge on any atom is 0.137 e. The summed E-state index contributed by atoms with van der Waals surface area (Å²) < 4.78 is 10.2. The van der Waals surface area contributed by atoms with E-state index in [0.717, 1.165) is 11.1 Å². The number of nitrogens with zero attached hydrogens (tertiary/aromatic N) is 4. The van der Waals surface area contributed by atoms with Gasteiger partial charge in [-0.2, -0.15) is 0 Å². The molecule has 10 heteroatoms. The molecule has 7 nitrogen and oxygen atoms in total. The van der Waals surface area contributed by atoms with Crippen LogP contribution in [-0.2, 0) is 22.3 Å². The van der Waals surface area contributed by atoms with Gasteiger partial charge in [-0.05, 0) is 13.8 Å². The van der Waals surface area contributed by atoms with Gasteiger partial charge >= 0.3 is 0 Å². The van der Waals surface area contributed by atoms with Crippen molar-refractivity contribution in [3.05, 3.63) is 39.2 Å². The van der Waals surface area contributed by atoms with Gasteiger partial charge in [0, 0.05) is 38.2 Å². The molecular formula is C16H22Cl3N5O2. The summed E-state index contributed by atoms with van der Waals surface area (Å²) in [6.07, 6.45) is 4.05. The van der Waals surface area contributed by atoms with Crippen molar-refractivity contribution < 1.29 is 9.47 Å². The van der Waals surface area contributed by atoms with Crippen LogP contribution in [0.1, 0.15) is 25.0 Å². The topological polar surface area (TPSA) is 96.0 Å². The summed E-state index contributed by atoms with van der Waals surface area (Å²) >= 11 is 17.5. The molecule has 144 valence electrons. The molecule has 0 amide bonds. The molecule has 0 aliphatic rings. The average Bonchev–Trinajstić information content (AvgIpc) is 2.61. The fourth-order valence-electron chi connectivity index (χ4n) is 1.87. The number of hydrogen-bond donors (Lipinski definition) is 1. The Labute approximate surface area is 168 Å². The minimum atomic E-state index is 0.0565. The lowest BCUT2D eigenvalue weighted by Crippen LogP contribution is -2.12. The summed E-state index contributed by atoms with van der Waals surface area (Å²) in [4.78, 5) is 15.4.